The summed E-state index contributed by atoms with van der Waals surface area (Å²) in [7, 11) is 2.86. The maximum atomic E-state index is 12.2. The second kappa shape index (κ2) is 7.76. The summed E-state index contributed by atoms with van der Waals surface area (Å²) in [6.07, 6.45) is 0.766. The molecule has 8 nitrogen and oxygen atoms in total. The van der Waals surface area contributed by atoms with E-state index in [-0.39, 0.29) is 11.8 Å². The molecule has 1 amide bonds. The first kappa shape index (κ1) is 18.4. The predicted molar refractivity (Wildman–Crippen MR) is 90.3 cm³/mol. The van der Waals surface area contributed by atoms with E-state index in [9.17, 15) is 14.4 Å². The highest BCUT2D eigenvalue weighted by atomic mass is 16.5. The lowest BCUT2D eigenvalue weighted by Crippen LogP contribution is -2.47. The summed E-state index contributed by atoms with van der Waals surface area (Å²) in [6.45, 7) is 7.20. The van der Waals surface area contributed by atoms with Crippen molar-refractivity contribution in [1.82, 2.24) is 19.4 Å². The first-order chi connectivity index (χ1) is 11.3. The zero-order valence-corrected chi connectivity index (χ0v) is 14.7. The van der Waals surface area contributed by atoms with Crippen LogP contribution < -0.4 is 16.6 Å². The van der Waals surface area contributed by atoms with Gasteiger partial charge in [-0.05, 0) is 20.3 Å². The number of nitrogens with zero attached hydrogens (tertiary/aromatic N) is 3. The van der Waals surface area contributed by atoms with E-state index in [1.54, 1.807) is 0 Å². The Morgan fingerprint density at radius 2 is 2.04 bits per heavy atom. The van der Waals surface area contributed by atoms with Crippen LogP contribution in [0.25, 0.3) is 0 Å². The molecule has 0 aliphatic carbocycles. The molecule has 1 atom stereocenters. The van der Waals surface area contributed by atoms with Gasteiger partial charge in [-0.1, -0.05) is 0 Å². The summed E-state index contributed by atoms with van der Waals surface area (Å²) in [6, 6.07) is 1.65. The Labute approximate surface area is 141 Å². The molecule has 1 aliphatic heterocycles. The second-order valence-electron chi connectivity index (χ2n) is 6.39. The van der Waals surface area contributed by atoms with E-state index in [1.165, 1.54) is 24.7 Å². The molecular formula is C16H26N4O4. The topological polar surface area (TPSA) is 85.6 Å². The van der Waals surface area contributed by atoms with E-state index in [4.69, 9.17) is 4.74 Å². The molecule has 8 heteroatoms. The molecule has 0 aromatic carbocycles. The molecule has 1 saturated heterocycles. The summed E-state index contributed by atoms with van der Waals surface area (Å²) in [4.78, 5) is 38.1. The second-order valence-corrected chi connectivity index (χ2v) is 6.39. The van der Waals surface area contributed by atoms with Gasteiger partial charge >= 0.3 is 5.69 Å². The van der Waals surface area contributed by atoms with Crippen LogP contribution in [0.15, 0.2) is 15.7 Å². The van der Waals surface area contributed by atoms with Crippen LogP contribution >= 0.6 is 0 Å². The maximum Gasteiger partial charge on any atom is 0.331 e. The quantitative estimate of drug-likeness (QED) is 0.768. The van der Waals surface area contributed by atoms with Crippen molar-refractivity contribution in [1.29, 1.82) is 0 Å². The van der Waals surface area contributed by atoms with Gasteiger partial charge in [0, 0.05) is 45.8 Å². The SMILES string of the molecule is CC(C)N1CCO[C@@H](CCNC(=O)c2cc(=O)n(C)c(=O)n2C)C1. The lowest BCUT2D eigenvalue weighted by molar-refractivity contribution is -0.0412. The molecule has 0 spiro atoms. The smallest absolute Gasteiger partial charge is 0.331 e. The first-order valence-electron chi connectivity index (χ1n) is 8.22. The third kappa shape index (κ3) is 4.12. The van der Waals surface area contributed by atoms with Crippen molar-refractivity contribution < 1.29 is 9.53 Å². The number of ether oxygens (including phenoxy) is 1. The van der Waals surface area contributed by atoms with Crippen molar-refractivity contribution in [2.24, 2.45) is 14.1 Å². The van der Waals surface area contributed by atoms with Gasteiger partial charge in [-0.25, -0.2) is 4.79 Å². The Bertz CT molecular complexity index is 707. The summed E-state index contributed by atoms with van der Waals surface area (Å²) >= 11 is 0. The first-order valence-corrected chi connectivity index (χ1v) is 8.22. The van der Waals surface area contributed by atoms with Crippen LogP contribution in [0.5, 0.6) is 0 Å². The number of hydrogen-bond acceptors (Lipinski definition) is 5. The van der Waals surface area contributed by atoms with Crippen LogP contribution in [0.4, 0.5) is 0 Å². The summed E-state index contributed by atoms with van der Waals surface area (Å²) in [5.41, 5.74) is -0.946. The van der Waals surface area contributed by atoms with Gasteiger partial charge in [0.1, 0.15) is 5.69 Å². The van der Waals surface area contributed by atoms with Crippen molar-refractivity contribution >= 4 is 5.91 Å². The third-order valence-electron chi connectivity index (χ3n) is 4.41. The Morgan fingerprint density at radius 1 is 1.33 bits per heavy atom. The van der Waals surface area contributed by atoms with E-state index >= 15 is 0 Å². The summed E-state index contributed by atoms with van der Waals surface area (Å²) in [5.74, 6) is -0.427. The average molecular weight is 338 g/mol. The highest BCUT2D eigenvalue weighted by Crippen LogP contribution is 2.11. The monoisotopic (exact) mass is 338 g/mol. The zero-order valence-electron chi connectivity index (χ0n) is 14.7. The minimum absolute atomic E-state index is 0.0662. The van der Waals surface area contributed by atoms with Gasteiger partial charge in [0.05, 0.1) is 12.7 Å². The van der Waals surface area contributed by atoms with Crippen molar-refractivity contribution in [2.45, 2.75) is 32.4 Å². The van der Waals surface area contributed by atoms with Gasteiger partial charge in [-0.2, -0.15) is 0 Å². The number of aromatic nitrogens is 2. The van der Waals surface area contributed by atoms with Crippen LogP contribution in [-0.4, -0.2) is 58.3 Å². The normalized spacial score (nSPS) is 18.8. The van der Waals surface area contributed by atoms with E-state index in [0.29, 0.717) is 25.6 Å². The van der Waals surface area contributed by atoms with Crippen LogP contribution in [-0.2, 0) is 18.8 Å². The fraction of sp³-hybridized carbons (Fsp3) is 0.688. The predicted octanol–water partition coefficient (Wildman–Crippen LogP) is -0.687. The van der Waals surface area contributed by atoms with E-state index in [2.05, 4.69) is 24.1 Å². The Balaban J connectivity index is 1.92. The molecule has 1 fully saturated rings. The molecule has 2 rings (SSSR count). The van der Waals surface area contributed by atoms with E-state index in [0.717, 1.165) is 17.7 Å². The molecule has 24 heavy (non-hydrogen) atoms. The number of carbonyl (C=O) groups is 1. The molecule has 0 radical (unpaired) electrons. The van der Waals surface area contributed by atoms with Crippen LogP contribution in [0, 0.1) is 0 Å². The van der Waals surface area contributed by atoms with Gasteiger partial charge in [-0.15, -0.1) is 0 Å². The van der Waals surface area contributed by atoms with Gasteiger partial charge < -0.3 is 10.1 Å². The minimum Gasteiger partial charge on any atom is -0.375 e. The van der Waals surface area contributed by atoms with Crippen molar-refractivity contribution in [3.63, 3.8) is 0 Å². The van der Waals surface area contributed by atoms with E-state index in [1.807, 2.05) is 0 Å². The number of hydrogen-bond donors (Lipinski definition) is 1. The van der Waals surface area contributed by atoms with Gasteiger partial charge in [0.25, 0.3) is 11.5 Å². The van der Waals surface area contributed by atoms with E-state index < -0.39 is 17.2 Å². The van der Waals surface area contributed by atoms with Crippen molar-refractivity contribution in [3.05, 3.63) is 32.6 Å². The molecule has 1 N–H and O–H groups in total. The standard InChI is InChI=1S/C16H26N4O4/c1-11(2)20-7-8-24-12(10-20)5-6-17-15(22)13-9-14(21)19(4)16(23)18(13)3/h9,11-12H,5-8,10H2,1-4H3,(H,17,22)/t12-/m0/s1. The highest BCUT2D eigenvalue weighted by Gasteiger charge is 2.22. The molecule has 0 saturated carbocycles. The molecule has 134 valence electrons. The van der Waals surface area contributed by atoms with Gasteiger partial charge in [0.2, 0.25) is 0 Å². The van der Waals surface area contributed by atoms with Crippen molar-refractivity contribution in [2.75, 3.05) is 26.2 Å². The summed E-state index contributed by atoms with van der Waals surface area (Å²) in [5, 5.41) is 2.76. The molecule has 1 aliphatic rings. The Morgan fingerprint density at radius 3 is 2.71 bits per heavy atom. The number of rotatable bonds is 5. The van der Waals surface area contributed by atoms with Gasteiger partial charge in [0.15, 0.2) is 0 Å². The minimum atomic E-state index is -0.518. The van der Waals surface area contributed by atoms with Crippen LogP contribution in [0.1, 0.15) is 30.8 Å². The lowest BCUT2D eigenvalue weighted by Gasteiger charge is -2.35. The molecular weight excluding hydrogens is 312 g/mol. The molecule has 0 bridgehead atoms. The average Bonchev–Trinajstić information content (AvgIpc) is 2.56. The van der Waals surface area contributed by atoms with Crippen LogP contribution in [0.2, 0.25) is 0 Å². The number of carbonyl (C=O) groups excluding carboxylic acids is 1. The van der Waals surface area contributed by atoms with Crippen LogP contribution in [0.3, 0.4) is 0 Å². The number of amides is 1. The molecule has 2 heterocycles. The fourth-order valence-electron chi connectivity index (χ4n) is 2.77. The fourth-order valence-corrected chi connectivity index (χ4v) is 2.77. The lowest BCUT2D eigenvalue weighted by atomic mass is 10.1. The van der Waals surface area contributed by atoms with Crippen molar-refractivity contribution in [3.8, 4) is 0 Å². The number of morpholine rings is 1. The highest BCUT2D eigenvalue weighted by molar-refractivity contribution is 5.92. The largest absolute Gasteiger partial charge is 0.375 e. The Hall–Kier alpha value is -1.93. The van der Waals surface area contributed by atoms with Gasteiger partial charge in [-0.3, -0.25) is 23.6 Å². The third-order valence-corrected chi connectivity index (χ3v) is 4.41. The zero-order chi connectivity index (χ0) is 17.9. The molecule has 1 aromatic heterocycles. The Kier molecular flexibility index (Phi) is 5.95. The number of nitrogens with one attached hydrogen (secondary N) is 1. The molecule has 0 unspecified atom stereocenters. The maximum absolute atomic E-state index is 12.2. The summed E-state index contributed by atoms with van der Waals surface area (Å²) < 4.78 is 7.86. The molecule has 1 aromatic rings.